The number of benzene rings is 3. The summed E-state index contributed by atoms with van der Waals surface area (Å²) in [4.78, 5) is 20.1. The van der Waals surface area contributed by atoms with Crippen molar-refractivity contribution in [2.45, 2.75) is 38.1 Å². The summed E-state index contributed by atoms with van der Waals surface area (Å²) < 4.78 is 0. The van der Waals surface area contributed by atoms with Crippen LogP contribution in [0.5, 0.6) is 0 Å². The molecule has 0 radical (unpaired) electrons. The molecule has 0 bridgehead atoms. The molecule has 3 aromatic carbocycles. The van der Waals surface area contributed by atoms with Crippen LogP contribution >= 0.6 is 0 Å². The molecular weight excluding hydrogens is 438 g/mol. The highest BCUT2D eigenvalue weighted by Crippen LogP contribution is 2.42. The van der Waals surface area contributed by atoms with E-state index < -0.39 is 0 Å². The van der Waals surface area contributed by atoms with Gasteiger partial charge in [0.15, 0.2) is 0 Å². The van der Waals surface area contributed by atoms with Gasteiger partial charge in [0.05, 0.1) is 31.5 Å². The topological polar surface area (TPSA) is 67.3 Å². The van der Waals surface area contributed by atoms with Crippen LogP contribution in [0.3, 0.4) is 0 Å². The van der Waals surface area contributed by atoms with E-state index in [1.165, 1.54) is 5.56 Å². The first-order valence-electron chi connectivity index (χ1n) is 12.4. The van der Waals surface area contributed by atoms with E-state index in [1.807, 2.05) is 48.5 Å². The minimum absolute atomic E-state index is 0.0271. The van der Waals surface area contributed by atoms with Crippen molar-refractivity contribution >= 4 is 11.7 Å². The van der Waals surface area contributed by atoms with E-state index in [1.54, 1.807) is 4.90 Å². The number of fused-ring (bicyclic) bond motifs is 1. The zero-order valence-electron chi connectivity index (χ0n) is 20.0. The van der Waals surface area contributed by atoms with E-state index in [2.05, 4.69) is 40.1 Å². The van der Waals surface area contributed by atoms with Crippen molar-refractivity contribution in [3.8, 4) is 0 Å². The molecule has 2 amide bonds. The third-order valence-electron chi connectivity index (χ3n) is 7.22. The Morgan fingerprint density at radius 2 is 1.54 bits per heavy atom. The average Bonchev–Trinajstić information content (AvgIpc) is 2.91. The van der Waals surface area contributed by atoms with Gasteiger partial charge in [-0.1, -0.05) is 72.8 Å². The van der Waals surface area contributed by atoms with Crippen LogP contribution in [0.25, 0.3) is 0 Å². The molecule has 35 heavy (non-hydrogen) atoms. The molecule has 0 aromatic heterocycles. The first-order chi connectivity index (χ1) is 17.2. The van der Waals surface area contributed by atoms with Crippen LogP contribution in [0.2, 0.25) is 0 Å². The molecule has 2 N–H and O–H groups in total. The van der Waals surface area contributed by atoms with Crippen molar-refractivity contribution in [3.63, 3.8) is 0 Å². The largest absolute Gasteiger partial charge is 0.395 e. The standard InChI is InChI=1S/C29H33N3O3/c33-18-17-31-27-12-5-4-11-26(27)28(24-9-2-1-3-10-24)32(29(31)35)25-13-15-30(16-14-25)20-22-7-6-8-23(19-22)21-34/h1-12,19,25,28,33-34H,13-18,20-21H2. The molecule has 2 heterocycles. The van der Waals surface area contributed by atoms with Gasteiger partial charge in [-0.05, 0) is 35.6 Å². The predicted molar refractivity (Wildman–Crippen MR) is 137 cm³/mol. The lowest BCUT2D eigenvalue weighted by atomic mass is 9.90. The molecule has 0 spiro atoms. The quantitative estimate of drug-likeness (QED) is 0.543. The number of hydrogen-bond acceptors (Lipinski definition) is 4. The first-order valence-corrected chi connectivity index (χ1v) is 12.4. The maximum absolute atomic E-state index is 13.9. The number of para-hydroxylation sites is 1. The Morgan fingerprint density at radius 1 is 0.829 bits per heavy atom. The van der Waals surface area contributed by atoms with Crippen molar-refractivity contribution < 1.29 is 15.0 Å². The second-order valence-corrected chi connectivity index (χ2v) is 9.42. The number of carbonyl (C=O) groups is 1. The second kappa shape index (κ2) is 10.6. The van der Waals surface area contributed by atoms with Gasteiger partial charge in [0, 0.05) is 31.2 Å². The average molecular weight is 472 g/mol. The first kappa shape index (κ1) is 23.5. The van der Waals surface area contributed by atoms with Gasteiger partial charge < -0.3 is 15.1 Å². The fourth-order valence-electron chi connectivity index (χ4n) is 5.57. The number of carbonyl (C=O) groups excluding carboxylic acids is 1. The number of hydrogen-bond donors (Lipinski definition) is 2. The number of aliphatic hydroxyl groups is 2. The van der Waals surface area contributed by atoms with Crippen LogP contribution in [0.4, 0.5) is 10.5 Å². The molecule has 2 aliphatic rings. The summed E-state index contributed by atoms with van der Waals surface area (Å²) in [6, 6.07) is 26.4. The number of amides is 2. The summed E-state index contributed by atoms with van der Waals surface area (Å²) >= 11 is 0. The summed E-state index contributed by atoms with van der Waals surface area (Å²) in [6.45, 7) is 2.92. The van der Waals surface area contributed by atoms with E-state index >= 15 is 0 Å². The molecule has 2 aliphatic heterocycles. The molecule has 1 unspecified atom stereocenters. The fraction of sp³-hybridized carbons (Fsp3) is 0.345. The van der Waals surface area contributed by atoms with Gasteiger partial charge in [-0.3, -0.25) is 9.80 Å². The number of aliphatic hydroxyl groups excluding tert-OH is 2. The lowest BCUT2D eigenvalue weighted by Gasteiger charge is -2.48. The molecular formula is C29H33N3O3. The van der Waals surface area contributed by atoms with Crippen LogP contribution in [0, 0.1) is 0 Å². The van der Waals surface area contributed by atoms with Crippen LogP contribution in [-0.4, -0.2) is 58.3 Å². The molecule has 1 atom stereocenters. The molecule has 6 heteroatoms. The van der Waals surface area contributed by atoms with Gasteiger partial charge in [0.2, 0.25) is 0 Å². The third kappa shape index (κ3) is 4.82. The monoisotopic (exact) mass is 471 g/mol. The molecule has 1 fully saturated rings. The number of rotatable bonds is 7. The summed E-state index contributed by atoms with van der Waals surface area (Å²) in [6.07, 6.45) is 1.79. The van der Waals surface area contributed by atoms with Crippen LogP contribution in [0.15, 0.2) is 78.9 Å². The number of nitrogens with zero attached hydrogens (tertiary/aromatic N) is 3. The molecule has 5 rings (SSSR count). The van der Waals surface area contributed by atoms with Gasteiger partial charge in [-0.25, -0.2) is 4.79 Å². The van der Waals surface area contributed by atoms with Gasteiger partial charge in [0.1, 0.15) is 0 Å². The summed E-state index contributed by atoms with van der Waals surface area (Å²) in [7, 11) is 0. The van der Waals surface area contributed by atoms with Gasteiger partial charge in [0.25, 0.3) is 0 Å². The lowest BCUT2D eigenvalue weighted by molar-refractivity contribution is 0.101. The van der Waals surface area contributed by atoms with Gasteiger partial charge in [-0.2, -0.15) is 0 Å². The highest BCUT2D eigenvalue weighted by molar-refractivity contribution is 5.96. The Bertz CT molecular complexity index is 1140. The maximum atomic E-state index is 13.9. The van der Waals surface area contributed by atoms with Crippen LogP contribution in [0.1, 0.15) is 41.1 Å². The molecule has 6 nitrogen and oxygen atoms in total. The van der Waals surface area contributed by atoms with Crippen molar-refractivity contribution in [3.05, 3.63) is 101 Å². The van der Waals surface area contributed by atoms with E-state index in [4.69, 9.17) is 0 Å². The predicted octanol–water partition coefficient (Wildman–Crippen LogP) is 4.17. The van der Waals surface area contributed by atoms with E-state index in [0.29, 0.717) is 0 Å². The summed E-state index contributed by atoms with van der Waals surface area (Å²) in [5.74, 6) is 0. The second-order valence-electron chi connectivity index (χ2n) is 9.42. The Morgan fingerprint density at radius 3 is 2.29 bits per heavy atom. The van der Waals surface area contributed by atoms with E-state index in [9.17, 15) is 15.0 Å². The molecule has 0 aliphatic carbocycles. The lowest BCUT2D eigenvalue weighted by Crippen LogP contribution is -2.56. The van der Waals surface area contributed by atoms with Crippen molar-refractivity contribution in [1.29, 1.82) is 0 Å². The summed E-state index contributed by atoms with van der Waals surface area (Å²) in [5.41, 5.74) is 5.24. The minimum atomic E-state index is -0.146. The van der Waals surface area contributed by atoms with Crippen molar-refractivity contribution in [2.24, 2.45) is 0 Å². The number of β-amino-alcohol motifs (C(OH)–C–C–N with tert-alkyl or cyclic N) is 1. The normalized spacial score (nSPS) is 19.1. The SMILES string of the molecule is O=C1N(CCO)c2ccccc2C(c2ccccc2)N1C1CCN(Cc2cccc(CO)c2)CC1. The fourth-order valence-corrected chi connectivity index (χ4v) is 5.57. The number of likely N-dealkylation sites (tertiary alicyclic amines) is 1. The number of urea groups is 1. The highest BCUT2D eigenvalue weighted by Gasteiger charge is 2.42. The molecule has 3 aromatic rings. The van der Waals surface area contributed by atoms with Crippen molar-refractivity contribution in [1.82, 2.24) is 9.80 Å². The third-order valence-corrected chi connectivity index (χ3v) is 7.22. The number of anilines is 1. The zero-order chi connectivity index (χ0) is 24.2. The Labute approximate surface area is 207 Å². The zero-order valence-corrected chi connectivity index (χ0v) is 20.0. The van der Waals surface area contributed by atoms with Crippen LogP contribution < -0.4 is 4.90 Å². The Balaban J connectivity index is 1.41. The number of piperidine rings is 1. The van der Waals surface area contributed by atoms with Gasteiger partial charge in [-0.15, -0.1) is 0 Å². The molecule has 1 saturated heterocycles. The minimum Gasteiger partial charge on any atom is -0.395 e. The van der Waals surface area contributed by atoms with E-state index in [-0.39, 0.29) is 37.9 Å². The molecule has 0 saturated carbocycles. The smallest absolute Gasteiger partial charge is 0.325 e. The molecule has 182 valence electrons. The van der Waals surface area contributed by atoms with Gasteiger partial charge >= 0.3 is 6.03 Å². The van der Waals surface area contributed by atoms with Crippen molar-refractivity contribution in [2.75, 3.05) is 31.1 Å². The maximum Gasteiger partial charge on any atom is 0.325 e. The summed E-state index contributed by atoms with van der Waals surface area (Å²) in [5, 5.41) is 19.2. The Kier molecular flexibility index (Phi) is 7.13. The Hall–Kier alpha value is -3.19. The highest BCUT2D eigenvalue weighted by atomic mass is 16.3. The van der Waals surface area contributed by atoms with E-state index in [0.717, 1.165) is 54.9 Å². The van der Waals surface area contributed by atoms with Crippen LogP contribution in [-0.2, 0) is 13.2 Å².